The molecule has 1 N–H and O–H groups in total. The van der Waals surface area contributed by atoms with Gasteiger partial charge in [-0.25, -0.2) is 0 Å². The van der Waals surface area contributed by atoms with E-state index in [1.54, 1.807) is 17.2 Å². The molecule has 130 valence electrons. The highest BCUT2D eigenvalue weighted by molar-refractivity contribution is 5.92. The van der Waals surface area contributed by atoms with Gasteiger partial charge in [-0.3, -0.25) is 19.0 Å². The highest BCUT2D eigenvalue weighted by Crippen LogP contribution is 2.12. The minimum absolute atomic E-state index is 0.0256. The molecule has 0 aliphatic carbocycles. The summed E-state index contributed by atoms with van der Waals surface area (Å²) in [4.78, 5) is 24.9. The molecule has 0 radical (unpaired) electrons. The number of carboxylic acid groups (broad SMARTS) is 1. The molecule has 0 unspecified atom stereocenters. The van der Waals surface area contributed by atoms with Gasteiger partial charge >= 0.3 is 5.97 Å². The Labute approximate surface area is 140 Å². The SMILES string of the molecule is CCN(Cc1cn(CC)nc1C)C(=O)c1ccn(CCC(=O)O)n1. The molecule has 0 aliphatic heterocycles. The molecule has 2 rings (SSSR count). The zero-order chi connectivity index (χ0) is 17.7. The first kappa shape index (κ1) is 17.7. The largest absolute Gasteiger partial charge is 0.481 e. The fraction of sp³-hybridized carbons (Fsp3) is 0.500. The number of hydrogen-bond donors (Lipinski definition) is 1. The quantitative estimate of drug-likeness (QED) is 0.791. The van der Waals surface area contributed by atoms with E-state index >= 15 is 0 Å². The van der Waals surface area contributed by atoms with Gasteiger partial charge in [-0.1, -0.05) is 0 Å². The average molecular weight is 333 g/mol. The van der Waals surface area contributed by atoms with Crippen LogP contribution in [0.5, 0.6) is 0 Å². The molecule has 0 saturated heterocycles. The van der Waals surface area contributed by atoms with E-state index in [-0.39, 0.29) is 18.9 Å². The summed E-state index contributed by atoms with van der Waals surface area (Å²) in [6.45, 7) is 7.93. The predicted octanol–water partition coefficient (Wildman–Crippen LogP) is 1.54. The summed E-state index contributed by atoms with van der Waals surface area (Å²) < 4.78 is 3.33. The van der Waals surface area contributed by atoms with Gasteiger partial charge in [0.05, 0.1) is 18.7 Å². The summed E-state index contributed by atoms with van der Waals surface area (Å²) in [6, 6.07) is 1.62. The lowest BCUT2D eigenvalue weighted by Gasteiger charge is -2.19. The molecule has 0 atom stereocenters. The van der Waals surface area contributed by atoms with Crippen LogP contribution in [0.4, 0.5) is 0 Å². The Hall–Kier alpha value is -2.64. The van der Waals surface area contributed by atoms with E-state index in [9.17, 15) is 9.59 Å². The Balaban J connectivity index is 2.08. The number of nitrogens with zero attached hydrogens (tertiary/aromatic N) is 5. The first-order valence-corrected chi connectivity index (χ1v) is 8.02. The topological polar surface area (TPSA) is 93.2 Å². The van der Waals surface area contributed by atoms with Crippen LogP contribution in [0, 0.1) is 6.92 Å². The third kappa shape index (κ3) is 4.21. The number of carbonyl (C=O) groups excluding carboxylic acids is 1. The molecule has 1 amide bonds. The zero-order valence-electron chi connectivity index (χ0n) is 14.3. The third-order valence-corrected chi connectivity index (χ3v) is 3.82. The van der Waals surface area contributed by atoms with Gasteiger partial charge in [-0.15, -0.1) is 0 Å². The third-order valence-electron chi connectivity index (χ3n) is 3.82. The van der Waals surface area contributed by atoms with Gasteiger partial charge in [0.25, 0.3) is 5.91 Å². The van der Waals surface area contributed by atoms with Crippen LogP contribution in [0.2, 0.25) is 0 Å². The molecule has 0 fully saturated rings. The molecule has 0 aromatic carbocycles. The number of rotatable bonds is 8. The summed E-state index contributed by atoms with van der Waals surface area (Å²) in [5.74, 6) is -1.06. The Kier molecular flexibility index (Phi) is 5.73. The summed E-state index contributed by atoms with van der Waals surface area (Å²) in [5, 5.41) is 17.3. The molecule has 0 saturated carbocycles. The van der Waals surface area contributed by atoms with E-state index in [1.807, 2.05) is 31.6 Å². The van der Waals surface area contributed by atoms with E-state index in [1.165, 1.54) is 4.68 Å². The number of aliphatic carboxylic acids is 1. The van der Waals surface area contributed by atoms with E-state index in [2.05, 4.69) is 10.2 Å². The Morgan fingerprint density at radius 3 is 2.58 bits per heavy atom. The number of aromatic nitrogens is 4. The zero-order valence-corrected chi connectivity index (χ0v) is 14.3. The summed E-state index contributed by atoms with van der Waals surface area (Å²) in [6.07, 6.45) is 3.56. The Morgan fingerprint density at radius 2 is 2.00 bits per heavy atom. The molecule has 24 heavy (non-hydrogen) atoms. The lowest BCUT2D eigenvalue weighted by molar-refractivity contribution is -0.137. The second-order valence-electron chi connectivity index (χ2n) is 5.52. The predicted molar refractivity (Wildman–Crippen MR) is 87.5 cm³/mol. The van der Waals surface area contributed by atoms with Crippen LogP contribution in [0.3, 0.4) is 0 Å². The van der Waals surface area contributed by atoms with Crippen LogP contribution >= 0.6 is 0 Å². The van der Waals surface area contributed by atoms with Crippen molar-refractivity contribution in [2.24, 2.45) is 0 Å². The number of amides is 1. The Morgan fingerprint density at radius 1 is 1.25 bits per heavy atom. The van der Waals surface area contributed by atoms with Crippen LogP contribution in [0.25, 0.3) is 0 Å². The minimum Gasteiger partial charge on any atom is -0.481 e. The van der Waals surface area contributed by atoms with Crippen molar-refractivity contribution in [1.82, 2.24) is 24.5 Å². The van der Waals surface area contributed by atoms with Crippen LogP contribution in [-0.4, -0.2) is 48.0 Å². The monoisotopic (exact) mass is 333 g/mol. The Bertz CT molecular complexity index is 719. The van der Waals surface area contributed by atoms with Crippen molar-refractivity contribution < 1.29 is 14.7 Å². The molecular weight excluding hydrogens is 310 g/mol. The van der Waals surface area contributed by atoms with Gasteiger partial charge in [0.15, 0.2) is 0 Å². The fourth-order valence-electron chi connectivity index (χ4n) is 2.38. The van der Waals surface area contributed by atoms with E-state index in [4.69, 9.17) is 5.11 Å². The molecule has 0 aliphatic rings. The van der Waals surface area contributed by atoms with Crippen molar-refractivity contribution in [2.75, 3.05) is 6.54 Å². The van der Waals surface area contributed by atoms with Gasteiger partial charge in [-0.2, -0.15) is 10.2 Å². The highest BCUT2D eigenvalue weighted by Gasteiger charge is 2.19. The number of carbonyl (C=O) groups is 2. The number of carboxylic acids is 1. The molecular formula is C16H23N5O3. The van der Waals surface area contributed by atoms with E-state index in [0.29, 0.717) is 18.8 Å². The van der Waals surface area contributed by atoms with Crippen LogP contribution < -0.4 is 0 Å². The lowest BCUT2D eigenvalue weighted by atomic mass is 10.2. The summed E-state index contributed by atoms with van der Waals surface area (Å²) >= 11 is 0. The maximum Gasteiger partial charge on any atom is 0.305 e. The molecule has 8 heteroatoms. The van der Waals surface area contributed by atoms with Crippen molar-refractivity contribution in [1.29, 1.82) is 0 Å². The molecule has 0 spiro atoms. The fourth-order valence-corrected chi connectivity index (χ4v) is 2.38. The normalized spacial score (nSPS) is 10.8. The van der Waals surface area contributed by atoms with Crippen molar-refractivity contribution in [3.05, 3.63) is 35.4 Å². The van der Waals surface area contributed by atoms with Crippen LogP contribution in [-0.2, 0) is 24.4 Å². The molecule has 0 bridgehead atoms. The van der Waals surface area contributed by atoms with Crippen LogP contribution in [0.1, 0.15) is 42.0 Å². The maximum atomic E-state index is 12.6. The lowest BCUT2D eigenvalue weighted by Crippen LogP contribution is -2.31. The average Bonchev–Trinajstić information content (AvgIpc) is 3.16. The second-order valence-corrected chi connectivity index (χ2v) is 5.52. The van der Waals surface area contributed by atoms with Crippen molar-refractivity contribution >= 4 is 11.9 Å². The molecule has 2 aromatic rings. The van der Waals surface area contributed by atoms with E-state index < -0.39 is 5.97 Å². The summed E-state index contributed by atoms with van der Waals surface area (Å²) in [5.41, 5.74) is 2.25. The van der Waals surface area contributed by atoms with Crippen LogP contribution in [0.15, 0.2) is 18.5 Å². The second kappa shape index (κ2) is 7.76. The van der Waals surface area contributed by atoms with Gasteiger partial charge in [-0.05, 0) is 26.8 Å². The van der Waals surface area contributed by atoms with Crippen molar-refractivity contribution in [2.45, 2.75) is 46.8 Å². The van der Waals surface area contributed by atoms with Gasteiger partial charge in [0.2, 0.25) is 0 Å². The smallest absolute Gasteiger partial charge is 0.305 e. The number of aryl methyl sites for hydroxylation is 3. The number of hydrogen-bond acceptors (Lipinski definition) is 4. The van der Waals surface area contributed by atoms with Gasteiger partial charge in [0.1, 0.15) is 5.69 Å². The first-order valence-electron chi connectivity index (χ1n) is 8.02. The molecule has 8 nitrogen and oxygen atoms in total. The maximum absolute atomic E-state index is 12.6. The van der Waals surface area contributed by atoms with Crippen molar-refractivity contribution in [3.8, 4) is 0 Å². The highest BCUT2D eigenvalue weighted by atomic mass is 16.4. The van der Waals surface area contributed by atoms with Gasteiger partial charge < -0.3 is 10.0 Å². The van der Waals surface area contributed by atoms with E-state index in [0.717, 1.165) is 17.8 Å². The summed E-state index contributed by atoms with van der Waals surface area (Å²) in [7, 11) is 0. The van der Waals surface area contributed by atoms with Gasteiger partial charge in [0, 0.05) is 37.6 Å². The molecule has 2 aromatic heterocycles. The first-order chi connectivity index (χ1) is 11.4. The standard InChI is InChI=1S/C16H23N5O3/c1-4-19(10-13-11-20(5-2)17-12(13)3)16(24)14-6-8-21(18-14)9-7-15(22)23/h6,8,11H,4-5,7,9-10H2,1-3H3,(H,22,23). The van der Waals surface area contributed by atoms with Crippen molar-refractivity contribution in [3.63, 3.8) is 0 Å². The minimum atomic E-state index is -0.892. The molecule has 2 heterocycles.